The third-order valence-electron chi connectivity index (χ3n) is 5.84. The fourth-order valence-corrected chi connectivity index (χ4v) is 6.32. The quantitative estimate of drug-likeness (QED) is 0.618. The van der Waals surface area contributed by atoms with Crippen molar-refractivity contribution in [1.82, 2.24) is 23.8 Å². The van der Waals surface area contributed by atoms with E-state index in [1.165, 1.54) is 10.6 Å². The molecule has 0 amide bonds. The van der Waals surface area contributed by atoms with Crippen molar-refractivity contribution in [3.63, 3.8) is 0 Å². The lowest BCUT2D eigenvalue weighted by Crippen LogP contribution is -2.27. The second-order valence-corrected chi connectivity index (χ2v) is 9.30. The van der Waals surface area contributed by atoms with E-state index in [9.17, 15) is 13.5 Å². The molecule has 1 saturated heterocycles. The number of piperidine rings is 1. The number of sulfonamides is 1. The van der Waals surface area contributed by atoms with E-state index in [1.807, 2.05) is 11.5 Å². The van der Waals surface area contributed by atoms with Crippen LogP contribution in [0.3, 0.4) is 0 Å². The van der Waals surface area contributed by atoms with Crippen LogP contribution in [-0.4, -0.2) is 56.0 Å². The zero-order valence-electron chi connectivity index (χ0n) is 15.2. The highest BCUT2D eigenvalue weighted by Gasteiger charge is 2.66. The number of aromatic nitrogens is 4. The van der Waals surface area contributed by atoms with Crippen molar-refractivity contribution in [3.05, 3.63) is 42.5 Å². The van der Waals surface area contributed by atoms with Crippen LogP contribution in [0.5, 0.6) is 0 Å². The number of nitrogens with zero attached hydrogens (tertiary/aromatic N) is 5. The Balaban J connectivity index is 1.54. The summed E-state index contributed by atoms with van der Waals surface area (Å²) in [5.41, 5.74) is 7.95. The summed E-state index contributed by atoms with van der Waals surface area (Å²) < 4.78 is 29.8. The van der Waals surface area contributed by atoms with Gasteiger partial charge >= 0.3 is 0 Å². The molecular weight excluding hydrogens is 380 g/mol. The van der Waals surface area contributed by atoms with Gasteiger partial charge in [0.25, 0.3) is 0 Å². The maximum atomic E-state index is 13.2. The van der Waals surface area contributed by atoms with Gasteiger partial charge in [-0.1, -0.05) is 17.7 Å². The Kier molecular flexibility index (Phi) is 3.74. The number of fused-ring (bicyclic) bond motifs is 2. The van der Waals surface area contributed by atoms with Gasteiger partial charge in [-0.25, -0.2) is 23.4 Å². The normalized spacial score (nSPS) is 29.1. The molecule has 3 aromatic rings. The van der Waals surface area contributed by atoms with Crippen LogP contribution < -0.4 is 5.73 Å². The van der Waals surface area contributed by atoms with Gasteiger partial charge in [-0.2, -0.15) is 4.31 Å². The van der Waals surface area contributed by atoms with E-state index in [4.69, 9.17) is 5.73 Å². The number of nitrogen functional groups attached to an aromatic ring is 1. The molecule has 2 aromatic heterocycles. The number of anilines is 1. The number of hydrogen-bond acceptors (Lipinski definition) is 7. The van der Waals surface area contributed by atoms with Crippen molar-refractivity contribution < 1.29 is 13.5 Å². The van der Waals surface area contributed by atoms with Gasteiger partial charge in [0.05, 0.1) is 23.3 Å². The number of aliphatic hydroxyl groups is 1. The zero-order valence-corrected chi connectivity index (χ0v) is 16.0. The van der Waals surface area contributed by atoms with Crippen LogP contribution in [0.1, 0.15) is 18.0 Å². The number of rotatable bonds is 4. The maximum Gasteiger partial charge on any atom is 0.243 e. The van der Waals surface area contributed by atoms with Gasteiger partial charge in [-0.15, -0.1) is 0 Å². The topological polar surface area (TPSA) is 127 Å². The van der Waals surface area contributed by atoms with Crippen molar-refractivity contribution in [1.29, 1.82) is 0 Å². The molecule has 5 atom stereocenters. The fourth-order valence-electron chi connectivity index (χ4n) is 4.45. The van der Waals surface area contributed by atoms with Gasteiger partial charge in [0, 0.05) is 18.6 Å². The Morgan fingerprint density at radius 3 is 2.64 bits per heavy atom. The second-order valence-electron chi connectivity index (χ2n) is 7.46. The van der Waals surface area contributed by atoms with Crippen LogP contribution in [0.15, 0.2) is 41.8 Å². The first-order valence-electron chi connectivity index (χ1n) is 9.07. The van der Waals surface area contributed by atoms with E-state index in [2.05, 4.69) is 15.0 Å². The SMILES string of the molecule is Cc1ccc(S(=O)(=O)N2[C@@H]3[C@@H](CO)C[C@@H](n4cnc5c(N)ncnc54)[C@@H]32)cc1. The fraction of sp³-hybridized carbons (Fsp3) is 0.389. The highest BCUT2D eigenvalue weighted by Crippen LogP contribution is 2.55. The summed E-state index contributed by atoms with van der Waals surface area (Å²) in [7, 11) is -3.64. The number of hydrogen-bond donors (Lipinski definition) is 2. The Hall–Kier alpha value is -2.56. The third kappa shape index (κ3) is 2.38. The van der Waals surface area contributed by atoms with Gasteiger partial charge in [0.2, 0.25) is 10.0 Å². The number of nitrogens with two attached hydrogens (primary N) is 1. The van der Waals surface area contributed by atoms with Gasteiger partial charge in [-0.3, -0.25) is 0 Å². The van der Waals surface area contributed by atoms with E-state index in [0.717, 1.165) is 5.56 Å². The summed E-state index contributed by atoms with van der Waals surface area (Å²) in [4.78, 5) is 12.8. The predicted octanol–water partition coefficient (Wildman–Crippen LogP) is 0.712. The van der Waals surface area contributed by atoms with Crippen LogP contribution in [0, 0.1) is 12.8 Å². The van der Waals surface area contributed by atoms with Gasteiger partial charge in [0.1, 0.15) is 11.8 Å². The number of benzene rings is 1. The van der Waals surface area contributed by atoms with E-state index in [0.29, 0.717) is 17.6 Å². The lowest BCUT2D eigenvalue weighted by Gasteiger charge is -2.21. The van der Waals surface area contributed by atoms with Crippen LogP contribution in [-0.2, 0) is 10.0 Å². The molecule has 1 aliphatic heterocycles. The van der Waals surface area contributed by atoms with Crippen molar-refractivity contribution in [2.24, 2.45) is 5.92 Å². The van der Waals surface area contributed by atoms with Crippen LogP contribution in [0.25, 0.3) is 11.2 Å². The largest absolute Gasteiger partial charge is 0.396 e. The third-order valence-corrected chi connectivity index (χ3v) is 7.75. The summed E-state index contributed by atoms with van der Waals surface area (Å²) >= 11 is 0. The van der Waals surface area contributed by atoms with E-state index in [-0.39, 0.29) is 41.4 Å². The minimum atomic E-state index is -3.64. The lowest BCUT2D eigenvalue weighted by atomic mass is 10.1. The Labute approximate surface area is 161 Å². The smallest absolute Gasteiger partial charge is 0.243 e. The van der Waals surface area contributed by atoms with Crippen molar-refractivity contribution in [2.45, 2.75) is 36.4 Å². The van der Waals surface area contributed by atoms with E-state index >= 15 is 0 Å². The zero-order chi connectivity index (χ0) is 19.6. The number of imidazole rings is 1. The standard InChI is InChI=1S/C18H20N6O3S/c1-10-2-4-12(5-3-10)28(26,27)24-15-11(7-25)6-13(16(15)24)23-9-22-14-17(19)20-8-21-18(14)23/h2-5,8-9,11,13,15-16,25H,6-7H2,1H3,(H2,19,20,21)/t11-,13-,15-,16+,24?/m1/s1. The van der Waals surface area contributed by atoms with Crippen LogP contribution >= 0.6 is 0 Å². The first kappa shape index (κ1) is 17.5. The molecule has 0 bridgehead atoms. The molecular formula is C18H20N6O3S. The van der Waals surface area contributed by atoms with E-state index < -0.39 is 10.0 Å². The number of aliphatic hydroxyl groups excluding tert-OH is 1. The molecule has 0 radical (unpaired) electrons. The second kappa shape index (κ2) is 5.97. The van der Waals surface area contributed by atoms with Gasteiger partial charge < -0.3 is 15.4 Å². The molecule has 3 heterocycles. The van der Waals surface area contributed by atoms with Crippen molar-refractivity contribution in [2.75, 3.05) is 12.3 Å². The first-order valence-corrected chi connectivity index (χ1v) is 10.5. The number of aryl methyl sites for hydroxylation is 1. The summed E-state index contributed by atoms with van der Waals surface area (Å²) in [6, 6.07) is 6.20. The lowest BCUT2D eigenvalue weighted by molar-refractivity contribution is 0.206. The summed E-state index contributed by atoms with van der Waals surface area (Å²) in [6.45, 7) is 1.85. The molecule has 0 spiro atoms. The summed E-state index contributed by atoms with van der Waals surface area (Å²) in [5, 5.41) is 9.83. The Bertz CT molecular complexity index is 1160. The molecule has 146 valence electrons. The molecule has 2 fully saturated rings. The van der Waals surface area contributed by atoms with Crippen LogP contribution in [0.2, 0.25) is 0 Å². The van der Waals surface area contributed by atoms with Gasteiger partial charge in [-0.05, 0) is 25.5 Å². The van der Waals surface area contributed by atoms with Crippen molar-refractivity contribution in [3.8, 4) is 0 Å². The van der Waals surface area contributed by atoms with E-state index in [1.54, 1.807) is 30.6 Å². The Morgan fingerprint density at radius 2 is 1.93 bits per heavy atom. The van der Waals surface area contributed by atoms with Crippen molar-refractivity contribution >= 4 is 27.0 Å². The molecule has 2 aliphatic rings. The molecule has 1 aliphatic carbocycles. The first-order chi connectivity index (χ1) is 13.4. The minimum Gasteiger partial charge on any atom is -0.396 e. The molecule has 10 heteroatoms. The highest BCUT2D eigenvalue weighted by atomic mass is 32.2. The molecule has 28 heavy (non-hydrogen) atoms. The molecule has 9 nitrogen and oxygen atoms in total. The summed E-state index contributed by atoms with van der Waals surface area (Å²) in [5.74, 6) is 0.156. The van der Waals surface area contributed by atoms with Crippen LogP contribution in [0.4, 0.5) is 5.82 Å². The minimum absolute atomic E-state index is 0.0681. The predicted molar refractivity (Wildman–Crippen MR) is 102 cm³/mol. The molecule has 1 saturated carbocycles. The summed E-state index contributed by atoms with van der Waals surface area (Å²) in [6.07, 6.45) is 3.66. The average Bonchev–Trinajstić information content (AvgIpc) is 3.09. The maximum absolute atomic E-state index is 13.2. The molecule has 5 rings (SSSR count). The molecule has 1 unspecified atom stereocenters. The molecule has 3 N–H and O–H groups in total. The Morgan fingerprint density at radius 1 is 1.18 bits per heavy atom. The molecule has 1 aromatic carbocycles. The highest BCUT2D eigenvalue weighted by molar-refractivity contribution is 7.89. The average molecular weight is 400 g/mol. The monoisotopic (exact) mass is 400 g/mol. The van der Waals surface area contributed by atoms with Gasteiger partial charge in [0.15, 0.2) is 11.5 Å².